The number of halogens is 1. The minimum Gasteiger partial charge on any atom is -0.353 e. The molecule has 0 atom stereocenters. The summed E-state index contributed by atoms with van der Waals surface area (Å²) in [5, 5.41) is 3.18. The highest BCUT2D eigenvalue weighted by Gasteiger charge is 2.44. The Morgan fingerprint density at radius 2 is 1.75 bits per heavy atom. The third-order valence-electron chi connectivity index (χ3n) is 4.97. The molecule has 1 N–H and O–H groups in total. The maximum absolute atomic E-state index is 14.2. The van der Waals surface area contributed by atoms with Crippen LogP contribution in [0, 0.1) is 5.82 Å². The maximum Gasteiger partial charge on any atom is 0.230 e. The van der Waals surface area contributed by atoms with E-state index in [9.17, 15) is 9.18 Å². The second kappa shape index (κ2) is 5.55. The number of amides is 1. The predicted octanol–water partition coefficient (Wildman–Crippen LogP) is 3.70. The van der Waals surface area contributed by atoms with E-state index in [0.29, 0.717) is 11.6 Å². The van der Waals surface area contributed by atoms with Gasteiger partial charge in [0, 0.05) is 11.6 Å². The standard InChI is InChI=1S/C17H22FNO/c18-15-10-4-3-9-14(15)17(11-5-6-12-17)16(20)19-13-7-1-2-8-13/h3-4,9-10,13H,1-2,5-8,11-12H2,(H,19,20). The Labute approximate surface area is 119 Å². The molecule has 0 heterocycles. The van der Waals surface area contributed by atoms with E-state index in [2.05, 4.69) is 5.32 Å². The highest BCUT2D eigenvalue weighted by atomic mass is 19.1. The Balaban J connectivity index is 1.87. The molecule has 3 rings (SSSR count). The number of rotatable bonds is 3. The van der Waals surface area contributed by atoms with Crippen LogP contribution in [0.3, 0.4) is 0 Å². The van der Waals surface area contributed by atoms with Gasteiger partial charge in [-0.1, -0.05) is 43.9 Å². The van der Waals surface area contributed by atoms with Crippen molar-refractivity contribution in [2.75, 3.05) is 0 Å². The first-order valence-electron chi connectivity index (χ1n) is 7.78. The molecule has 108 valence electrons. The van der Waals surface area contributed by atoms with E-state index in [-0.39, 0.29) is 11.7 Å². The lowest BCUT2D eigenvalue weighted by Gasteiger charge is -2.30. The third kappa shape index (κ3) is 2.34. The lowest BCUT2D eigenvalue weighted by molar-refractivity contribution is -0.127. The molecule has 0 unspecified atom stereocenters. The molecule has 0 radical (unpaired) electrons. The van der Waals surface area contributed by atoms with E-state index in [0.717, 1.165) is 38.5 Å². The minimum absolute atomic E-state index is 0.0481. The van der Waals surface area contributed by atoms with Crippen molar-refractivity contribution in [3.63, 3.8) is 0 Å². The summed E-state index contributed by atoms with van der Waals surface area (Å²) in [4.78, 5) is 12.8. The molecule has 2 fully saturated rings. The number of benzene rings is 1. The topological polar surface area (TPSA) is 29.1 Å². The smallest absolute Gasteiger partial charge is 0.230 e. The van der Waals surface area contributed by atoms with Crippen LogP contribution in [-0.2, 0) is 10.2 Å². The number of hydrogen-bond donors (Lipinski definition) is 1. The van der Waals surface area contributed by atoms with Crippen LogP contribution in [-0.4, -0.2) is 11.9 Å². The maximum atomic E-state index is 14.2. The second-order valence-electron chi connectivity index (χ2n) is 6.22. The molecule has 0 saturated heterocycles. The Morgan fingerprint density at radius 1 is 1.10 bits per heavy atom. The van der Waals surface area contributed by atoms with Gasteiger partial charge in [-0.15, -0.1) is 0 Å². The van der Waals surface area contributed by atoms with Crippen molar-refractivity contribution in [1.82, 2.24) is 5.32 Å². The summed E-state index contributed by atoms with van der Waals surface area (Å²) in [5.41, 5.74) is -0.0403. The van der Waals surface area contributed by atoms with E-state index in [4.69, 9.17) is 0 Å². The van der Waals surface area contributed by atoms with Crippen molar-refractivity contribution >= 4 is 5.91 Å². The van der Waals surface area contributed by atoms with Crippen LogP contribution >= 0.6 is 0 Å². The van der Waals surface area contributed by atoms with Crippen LogP contribution in [0.15, 0.2) is 24.3 Å². The molecule has 0 aromatic heterocycles. The quantitative estimate of drug-likeness (QED) is 0.895. The van der Waals surface area contributed by atoms with Crippen molar-refractivity contribution in [3.8, 4) is 0 Å². The lowest BCUT2D eigenvalue weighted by atomic mass is 9.77. The van der Waals surface area contributed by atoms with Crippen LogP contribution < -0.4 is 5.32 Å². The first-order valence-corrected chi connectivity index (χ1v) is 7.78. The lowest BCUT2D eigenvalue weighted by Crippen LogP contribution is -2.46. The van der Waals surface area contributed by atoms with E-state index in [1.54, 1.807) is 12.1 Å². The van der Waals surface area contributed by atoms with Crippen LogP contribution in [0.4, 0.5) is 4.39 Å². The fraction of sp³-hybridized carbons (Fsp3) is 0.588. The first kappa shape index (κ1) is 13.6. The molecule has 0 aliphatic heterocycles. The fourth-order valence-corrected chi connectivity index (χ4v) is 3.84. The Bertz CT molecular complexity index is 488. The van der Waals surface area contributed by atoms with Gasteiger partial charge in [0.05, 0.1) is 5.41 Å². The zero-order valence-corrected chi connectivity index (χ0v) is 11.8. The highest BCUT2D eigenvalue weighted by Crippen LogP contribution is 2.42. The summed E-state index contributed by atoms with van der Waals surface area (Å²) in [7, 11) is 0. The molecular formula is C17H22FNO. The SMILES string of the molecule is O=C(NC1CCCC1)C1(c2ccccc2F)CCCC1. The summed E-state index contributed by atoms with van der Waals surface area (Å²) in [6.07, 6.45) is 8.07. The second-order valence-corrected chi connectivity index (χ2v) is 6.22. The largest absolute Gasteiger partial charge is 0.353 e. The number of carbonyl (C=O) groups excluding carboxylic acids is 1. The van der Waals surface area contributed by atoms with Crippen molar-refractivity contribution < 1.29 is 9.18 Å². The number of carbonyl (C=O) groups is 1. The van der Waals surface area contributed by atoms with Crippen LogP contribution in [0.5, 0.6) is 0 Å². The summed E-state index contributed by atoms with van der Waals surface area (Å²) in [6, 6.07) is 7.08. The molecule has 2 aliphatic carbocycles. The molecule has 2 nitrogen and oxygen atoms in total. The Morgan fingerprint density at radius 3 is 2.40 bits per heavy atom. The van der Waals surface area contributed by atoms with Crippen molar-refractivity contribution in [2.45, 2.75) is 62.8 Å². The van der Waals surface area contributed by atoms with E-state index >= 15 is 0 Å². The molecule has 1 amide bonds. The normalized spacial score (nSPS) is 22.1. The van der Waals surface area contributed by atoms with Gasteiger partial charge in [0.2, 0.25) is 5.91 Å². The van der Waals surface area contributed by atoms with E-state index in [1.807, 2.05) is 6.07 Å². The Hall–Kier alpha value is -1.38. The summed E-state index contributed by atoms with van der Waals surface area (Å²) in [5.74, 6) is -0.192. The average Bonchev–Trinajstić information content (AvgIpc) is 3.10. The minimum atomic E-state index is -0.631. The van der Waals surface area contributed by atoms with Crippen LogP contribution in [0.2, 0.25) is 0 Å². The molecule has 0 spiro atoms. The van der Waals surface area contributed by atoms with Crippen molar-refractivity contribution in [1.29, 1.82) is 0 Å². The molecular weight excluding hydrogens is 253 g/mol. The van der Waals surface area contributed by atoms with Gasteiger partial charge in [-0.3, -0.25) is 4.79 Å². The van der Waals surface area contributed by atoms with Gasteiger partial charge in [-0.05, 0) is 31.7 Å². The van der Waals surface area contributed by atoms with Crippen LogP contribution in [0.1, 0.15) is 56.9 Å². The number of nitrogens with one attached hydrogen (secondary N) is 1. The van der Waals surface area contributed by atoms with Gasteiger partial charge in [0.15, 0.2) is 0 Å². The molecule has 1 aromatic rings. The predicted molar refractivity (Wildman–Crippen MR) is 76.9 cm³/mol. The first-order chi connectivity index (χ1) is 9.72. The molecule has 3 heteroatoms. The monoisotopic (exact) mass is 275 g/mol. The van der Waals surface area contributed by atoms with Gasteiger partial charge in [-0.2, -0.15) is 0 Å². The number of hydrogen-bond acceptors (Lipinski definition) is 1. The van der Waals surface area contributed by atoms with Gasteiger partial charge >= 0.3 is 0 Å². The molecule has 0 bridgehead atoms. The van der Waals surface area contributed by atoms with E-state index < -0.39 is 5.41 Å². The summed E-state index contributed by atoms with van der Waals surface area (Å²) < 4.78 is 14.2. The third-order valence-corrected chi connectivity index (χ3v) is 4.97. The summed E-state index contributed by atoms with van der Waals surface area (Å²) in [6.45, 7) is 0. The van der Waals surface area contributed by atoms with Gasteiger partial charge in [0.25, 0.3) is 0 Å². The van der Waals surface area contributed by atoms with Gasteiger partial charge in [-0.25, -0.2) is 4.39 Å². The molecule has 2 aliphatic rings. The van der Waals surface area contributed by atoms with Crippen LogP contribution in [0.25, 0.3) is 0 Å². The highest BCUT2D eigenvalue weighted by molar-refractivity contribution is 5.89. The molecule has 2 saturated carbocycles. The van der Waals surface area contributed by atoms with E-state index in [1.165, 1.54) is 18.9 Å². The molecule has 1 aromatic carbocycles. The fourth-order valence-electron chi connectivity index (χ4n) is 3.84. The van der Waals surface area contributed by atoms with Gasteiger partial charge < -0.3 is 5.32 Å². The zero-order valence-electron chi connectivity index (χ0n) is 11.8. The van der Waals surface area contributed by atoms with Crippen molar-refractivity contribution in [2.24, 2.45) is 0 Å². The molecule has 20 heavy (non-hydrogen) atoms. The van der Waals surface area contributed by atoms with Crippen molar-refractivity contribution in [3.05, 3.63) is 35.6 Å². The Kier molecular flexibility index (Phi) is 3.77. The average molecular weight is 275 g/mol. The zero-order chi connectivity index (χ0) is 14.0. The summed E-state index contributed by atoms with van der Waals surface area (Å²) >= 11 is 0. The van der Waals surface area contributed by atoms with Gasteiger partial charge in [0.1, 0.15) is 5.82 Å².